The molecule has 0 spiro atoms. The minimum absolute atomic E-state index is 0.121. The van der Waals surface area contributed by atoms with Gasteiger partial charge in [0.25, 0.3) is 0 Å². The van der Waals surface area contributed by atoms with E-state index in [0.29, 0.717) is 12.5 Å². The Kier molecular flexibility index (Phi) is 6.43. The minimum atomic E-state index is -4.08. The van der Waals surface area contributed by atoms with Crippen LogP contribution in [0.4, 0.5) is 13.2 Å². The Morgan fingerprint density at radius 2 is 1.89 bits per heavy atom. The Morgan fingerprint density at radius 3 is 2.33 bits per heavy atom. The molecule has 0 aliphatic heterocycles. The number of alkyl halides is 3. The molecule has 0 aromatic carbocycles. The van der Waals surface area contributed by atoms with Gasteiger partial charge in [0.1, 0.15) is 0 Å². The van der Waals surface area contributed by atoms with Crippen LogP contribution in [0, 0.1) is 5.92 Å². The van der Waals surface area contributed by atoms with Crippen molar-refractivity contribution in [3.05, 3.63) is 0 Å². The topological polar surface area (TPSA) is 15.3 Å². The van der Waals surface area contributed by atoms with Crippen molar-refractivity contribution in [2.45, 2.75) is 51.7 Å². The van der Waals surface area contributed by atoms with Crippen LogP contribution < -0.4 is 5.32 Å². The van der Waals surface area contributed by atoms with Gasteiger partial charge in [-0.25, -0.2) is 0 Å². The maximum atomic E-state index is 12.5. The lowest BCUT2D eigenvalue weighted by Gasteiger charge is -2.45. The van der Waals surface area contributed by atoms with Gasteiger partial charge in [0.2, 0.25) is 0 Å². The van der Waals surface area contributed by atoms with E-state index in [1.807, 2.05) is 6.92 Å². The van der Waals surface area contributed by atoms with Crippen LogP contribution >= 0.6 is 0 Å². The van der Waals surface area contributed by atoms with Crippen molar-refractivity contribution in [2.75, 3.05) is 26.2 Å². The van der Waals surface area contributed by atoms with E-state index in [-0.39, 0.29) is 6.04 Å². The van der Waals surface area contributed by atoms with E-state index < -0.39 is 12.7 Å². The molecule has 0 aromatic rings. The summed E-state index contributed by atoms with van der Waals surface area (Å²) < 4.78 is 37.6. The van der Waals surface area contributed by atoms with Gasteiger partial charge in [-0.05, 0) is 51.2 Å². The van der Waals surface area contributed by atoms with Gasteiger partial charge in [-0.15, -0.1) is 0 Å². The zero-order valence-corrected chi connectivity index (χ0v) is 11.4. The molecule has 108 valence electrons. The SMILES string of the molecule is CCCNCC1CCC1N(CCC)CC(F)(F)F. The molecule has 0 saturated heterocycles. The van der Waals surface area contributed by atoms with E-state index in [1.54, 1.807) is 4.90 Å². The maximum absolute atomic E-state index is 12.5. The highest BCUT2D eigenvalue weighted by atomic mass is 19.4. The largest absolute Gasteiger partial charge is 0.401 e. The van der Waals surface area contributed by atoms with Gasteiger partial charge in [0, 0.05) is 6.04 Å². The second kappa shape index (κ2) is 7.34. The predicted octanol–water partition coefficient (Wildman–Crippen LogP) is 3.04. The highest BCUT2D eigenvalue weighted by Crippen LogP contribution is 2.33. The number of rotatable bonds is 8. The smallest absolute Gasteiger partial charge is 0.316 e. The Morgan fingerprint density at radius 1 is 1.17 bits per heavy atom. The molecule has 5 heteroatoms. The van der Waals surface area contributed by atoms with Gasteiger partial charge in [-0.2, -0.15) is 13.2 Å². The highest BCUT2D eigenvalue weighted by molar-refractivity contribution is 4.90. The predicted molar refractivity (Wildman–Crippen MR) is 67.6 cm³/mol. The molecule has 1 saturated carbocycles. The van der Waals surface area contributed by atoms with Crippen LogP contribution in [0.25, 0.3) is 0 Å². The number of hydrogen-bond acceptors (Lipinski definition) is 2. The summed E-state index contributed by atoms with van der Waals surface area (Å²) in [5, 5.41) is 3.32. The number of nitrogens with one attached hydrogen (secondary N) is 1. The molecule has 0 bridgehead atoms. The summed E-state index contributed by atoms with van der Waals surface area (Å²) in [6, 6.07) is 0.121. The van der Waals surface area contributed by atoms with Crippen molar-refractivity contribution in [1.29, 1.82) is 0 Å². The minimum Gasteiger partial charge on any atom is -0.316 e. The van der Waals surface area contributed by atoms with Crippen molar-refractivity contribution in [3.8, 4) is 0 Å². The summed E-state index contributed by atoms with van der Waals surface area (Å²) in [5.41, 5.74) is 0. The van der Waals surface area contributed by atoms with Gasteiger partial charge in [-0.3, -0.25) is 4.90 Å². The number of halogens is 3. The molecule has 2 unspecified atom stereocenters. The molecular weight excluding hydrogens is 241 g/mol. The second-order valence-corrected chi connectivity index (χ2v) is 5.19. The van der Waals surface area contributed by atoms with Crippen molar-refractivity contribution in [3.63, 3.8) is 0 Å². The molecule has 0 amide bonds. The molecule has 1 rings (SSSR count). The fraction of sp³-hybridized carbons (Fsp3) is 1.00. The molecule has 1 fully saturated rings. The molecule has 2 nitrogen and oxygen atoms in total. The molecule has 18 heavy (non-hydrogen) atoms. The maximum Gasteiger partial charge on any atom is 0.401 e. The molecule has 2 atom stereocenters. The van der Waals surface area contributed by atoms with Gasteiger partial charge in [-0.1, -0.05) is 13.8 Å². The lowest BCUT2D eigenvalue weighted by atomic mass is 9.78. The summed E-state index contributed by atoms with van der Waals surface area (Å²) >= 11 is 0. The summed E-state index contributed by atoms with van der Waals surface area (Å²) in [6.07, 6.45) is -0.263. The molecule has 0 heterocycles. The van der Waals surface area contributed by atoms with E-state index in [1.165, 1.54) is 0 Å². The summed E-state index contributed by atoms with van der Waals surface area (Å²) in [7, 11) is 0. The molecule has 0 aromatic heterocycles. The van der Waals surface area contributed by atoms with Crippen LogP contribution in [0.2, 0.25) is 0 Å². The van der Waals surface area contributed by atoms with Crippen LogP contribution in [0.15, 0.2) is 0 Å². The van der Waals surface area contributed by atoms with Crippen LogP contribution in [0.3, 0.4) is 0 Å². The normalized spacial score (nSPS) is 24.3. The highest BCUT2D eigenvalue weighted by Gasteiger charge is 2.40. The van der Waals surface area contributed by atoms with Gasteiger partial charge < -0.3 is 5.32 Å². The Balaban J connectivity index is 2.42. The first-order valence-electron chi connectivity index (χ1n) is 6.99. The number of hydrogen-bond donors (Lipinski definition) is 1. The molecule has 1 N–H and O–H groups in total. The fourth-order valence-corrected chi connectivity index (χ4v) is 2.61. The van der Waals surface area contributed by atoms with Gasteiger partial charge >= 0.3 is 6.18 Å². The van der Waals surface area contributed by atoms with Crippen molar-refractivity contribution in [1.82, 2.24) is 10.2 Å². The molecule has 1 aliphatic rings. The third-order valence-corrected chi connectivity index (χ3v) is 3.57. The average molecular weight is 266 g/mol. The van der Waals surface area contributed by atoms with Crippen molar-refractivity contribution >= 4 is 0 Å². The van der Waals surface area contributed by atoms with Crippen LogP contribution in [0.1, 0.15) is 39.5 Å². The van der Waals surface area contributed by atoms with Crippen LogP contribution in [-0.4, -0.2) is 43.3 Å². The van der Waals surface area contributed by atoms with E-state index in [2.05, 4.69) is 12.2 Å². The van der Waals surface area contributed by atoms with Crippen molar-refractivity contribution < 1.29 is 13.2 Å². The third kappa shape index (κ3) is 5.14. The monoisotopic (exact) mass is 266 g/mol. The Bertz CT molecular complexity index is 231. The van der Waals surface area contributed by atoms with Crippen molar-refractivity contribution in [2.24, 2.45) is 5.92 Å². The van der Waals surface area contributed by atoms with E-state index in [9.17, 15) is 13.2 Å². The lowest BCUT2D eigenvalue weighted by molar-refractivity contribution is -0.158. The third-order valence-electron chi connectivity index (χ3n) is 3.57. The summed E-state index contributed by atoms with van der Waals surface area (Å²) in [5.74, 6) is 0.394. The zero-order chi connectivity index (χ0) is 13.6. The Labute approximate surface area is 108 Å². The second-order valence-electron chi connectivity index (χ2n) is 5.19. The standard InChI is InChI=1S/C13H25F3N2/c1-3-7-17-9-11-5-6-12(11)18(8-4-2)10-13(14,15)16/h11-12,17H,3-10H2,1-2H3. The van der Waals surface area contributed by atoms with Gasteiger partial charge in [0.05, 0.1) is 6.54 Å². The summed E-state index contributed by atoms with van der Waals surface area (Å²) in [6.45, 7) is 5.64. The van der Waals surface area contributed by atoms with Crippen LogP contribution in [0.5, 0.6) is 0 Å². The first-order valence-corrected chi connectivity index (χ1v) is 6.99. The lowest BCUT2D eigenvalue weighted by Crippen LogP contribution is -2.53. The van der Waals surface area contributed by atoms with E-state index in [0.717, 1.165) is 38.8 Å². The molecule has 1 aliphatic carbocycles. The first-order chi connectivity index (χ1) is 8.48. The van der Waals surface area contributed by atoms with E-state index in [4.69, 9.17) is 0 Å². The average Bonchev–Trinajstić information content (AvgIpc) is 2.20. The van der Waals surface area contributed by atoms with E-state index >= 15 is 0 Å². The number of nitrogens with zero attached hydrogens (tertiary/aromatic N) is 1. The summed E-state index contributed by atoms with van der Waals surface area (Å²) in [4.78, 5) is 1.63. The van der Waals surface area contributed by atoms with Crippen LogP contribution in [-0.2, 0) is 0 Å². The van der Waals surface area contributed by atoms with Gasteiger partial charge in [0.15, 0.2) is 0 Å². The first kappa shape index (κ1) is 15.8. The fourth-order valence-electron chi connectivity index (χ4n) is 2.61. The molecular formula is C13H25F3N2. The quantitative estimate of drug-likeness (QED) is 0.679. The zero-order valence-electron chi connectivity index (χ0n) is 11.4. The molecule has 0 radical (unpaired) electrons. The Hall–Kier alpha value is -0.290.